The van der Waals surface area contributed by atoms with Crippen molar-refractivity contribution < 1.29 is 0 Å². The van der Waals surface area contributed by atoms with E-state index in [1.807, 2.05) is 6.07 Å². The molecule has 2 aliphatic heterocycles. The Morgan fingerprint density at radius 3 is 1.83 bits per heavy atom. The number of H-pyrrole nitrogens is 2. The first-order chi connectivity index (χ1) is 17.8. The zero-order valence-electron chi connectivity index (χ0n) is 20.6. The van der Waals surface area contributed by atoms with E-state index in [1.54, 1.807) is 0 Å². The van der Waals surface area contributed by atoms with Gasteiger partial charge in [-0.25, -0.2) is 9.97 Å². The number of nitrogens with zero attached hydrogens (tertiary/aromatic N) is 2. The first-order valence-corrected chi connectivity index (χ1v) is 12.9. The predicted molar refractivity (Wildman–Crippen MR) is 152 cm³/mol. The molecule has 2 aliphatic rings. The molecule has 0 spiro atoms. The smallest absolute Gasteiger partial charge is 0.0691 e. The Morgan fingerprint density at radius 2 is 1.25 bits per heavy atom. The van der Waals surface area contributed by atoms with E-state index in [9.17, 15) is 0 Å². The fourth-order valence-corrected chi connectivity index (χ4v) is 5.03. The molecule has 0 saturated carbocycles. The van der Waals surface area contributed by atoms with Crippen LogP contribution >= 0.6 is 0 Å². The van der Waals surface area contributed by atoms with Crippen LogP contribution in [0.5, 0.6) is 0 Å². The molecular weight excluding hydrogens is 440 g/mol. The third kappa shape index (κ3) is 4.55. The van der Waals surface area contributed by atoms with Crippen molar-refractivity contribution in [3.05, 3.63) is 95.1 Å². The largest absolute Gasteiger partial charge is 0.355 e. The zero-order chi connectivity index (χ0) is 24.3. The molecule has 0 radical (unpaired) electrons. The number of benzene rings is 1. The van der Waals surface area contributed by atoms with Gasteiger partial charge in [0.15, 0.2) is 0 Å². The van der Waals surface area contributed by atoms with Crippen LogP contribution in [0.25, 0.3) is 57.5 Å². The van der Waals surface area contributed by atoms with Gasteiger partial charge < -0.3 is 9.97 Å². The maximum atomic E-state index is 5.00. The molecule has 3 aromatic heterocycles. The van der Waals surface area contributed by atoms with Crippen molar-refractivity contribution in [2.75, 3.05) is 0 Å². The van der Waals surface area contributed by atoms with Gasteiger partial charge in [0.1, 0.15) is 0 Å². The number of nitrogens with one attached hydrogen (secondary N) is 2. The molecule has 2 N–H and O–H groups in total. The van der Waals surface area contributed by atoms with E-state index < -0.39 is 0 Å². The maximum absolute atomic E-state index is 5.00. The molecule has 0 saturated heterocycles. The Bertz CT molecular complexity index is 1520. The van der Waals surface area contributed by atoms with Crippen LogP contribution in [-0.2, 0) is 6.42 Å². The Labute approximate surface area is 211 Å². The minimum Gasteiger partial charge on any atom is -0.355 e. The standard InChI is InChI=1S/C32H30N4/c1-2-3-4-8-11-27-28-16-12-23(33-28)20-25-14-18-30(35-25)32(22-9-6-5-7-10-22)31-19-15-26(36-31)21-24-13-17-29(27)34-24/h5-7,9-10,12-21,35-36H,2-4,8,11H2,1H3. The molecule has 0 unspecified atom stereocenters. The molecule has 5 heterocycles. The van der Waals surface area contributed by atoms with Gasteiger partial charge in [0.2, 0.25) is 0 Å². The highest BCUT2D eigenvalue weighted by molar-refractivity contribution is 5.93. The summed E-state index contributed by atoms with van der Waals surface area (Å²) in [4.78, 5) is 17.2. The Hall–Kier alpha value is -4.18. The molecular formula is C32H30N4. The Kier molecular flexibility index (Phi) is 6.08. The first kappa shape index (κ1) is 22.3. The van der Waals surface area contributed by atoms with Crippen molar-refractivity contribution in [3.8, 4) is 11.1 Å². The Balaban J connectivity index is 1.60. The van der Waals surface area contributed by atoms with Crippen molar-refractivity contribution in [2.45, 2.75) is 39.0 Å². The summed E-state index contributed by atoms with van der Waals surface area (Å²) in [6.07, 6.45) is 14.4. The predicted octanol–water partition coefficient (Wildman–Crippen LogP) is 8.45. The molecule has 0 atom stereocenters. The highest BCUT2D eigenvalue weighted by Crippen LogP contribution is 2.29. The quantitative estimate of drug-likeness (QED) is 0.240. The van der Waals surface area contributed by atoms with Gasteiger partial charge >= 0.3 is 0 Å². The van der Waals surface area contributed by atoms with Crippen LogP contribution in [0, 0.1) is 0 Å². The molecule has 0 fully saturated rings. The topological polar surface area (TPSA) is 57.4 Å². The van der Waals surface area contributed by atoms with Crippen LogP contribution in [0.3, 0.4) is 0 Å². The molecule has 8 bridgehead atoms. The summed E-state index contributed by atoms with van der Waals surface area (Å²) in [6.45, 7) is 2.25. The summed E-state index contributed by atoms with van der Waals surface area (Å²) < 4.78 is 0. The van der Waals surface area contributed by atoms with Crippen molar-refractivity contribution in [1.29, 1.82) is 0 Å². The zero-order valence-corrected chi connectivity index (χ0v) is 20.6. The fourth-order valence-electron chi connectivity index (χ4n) is 5.03. The number of hydrogen-bond acceptors (Lipinski definition) is 2. The van der Waals surface area contributed by atoms with Gasteiger partial charge in [0.05, 0.1) is 22.8 Å². The lowest BCUT2D eigenvalue weighted by Gasteiger charge is -2.04. The van der Waals surface area contributed by atoms with Gasteiger partial charge in [-0.3, -0.25) is 0 Å². The Morgan fingerprint density at radius 1 is 0.639 bits per heavy atom. The summed E-state index contributed by atoms with van der Waals surface area (Å²) >= 11 is 0. The van der Waals surface area contributed by atoms with Gasteiger partial charge in [-0.1, -0.05) is 56.5 Å². The number of hydrogen-bond donors (Lipinski definition) is 2. The number of rotatable bonds is 6. The second-order valence-electron chi connectivity index (χ2n) is 9.48. The summed E-state index contributed by atoms with van der Waals surface area (Å²) in [5.74, 6) is 0. The minimum absolute atomic E-state index is 0.957. The van der Waals surface area contributed by atoms with Crippen molar-refractivity contribution in [3.63, 3.8) is 0 Å². The van der Waals surface area contributed by atoms with Crippen molar-refractivity contribution >= 4 is 46.4 Å². The first-order valence-electron chi connectivity index (χ1n) is 12.9. The molecule has 178 valence electrons. The van der Waals surface area contributed by atoms with Gasteiger partial charge in [-0.15, -0.1) is 0 Å². The van der Waals surface area contributed by atoms with Crippen LogP contribution in [0.4, 0.5) is 0 Å². The third-order valence-corrected chi connectivity index (χ3v) is 6.85. The number of fused-ring (bicyclic) bond motifs is 8. The number of aromatic amines is 2. The number of unbranched alkanes of at least 4 members (excludes halogenated alkanes) is 3. The van der Waals surface area contributed by atoms with Crippen LogP contribution in [0.1, 0.15) is 60.9 Å². The lowest BCUT2D eigenvalue weighted by molar-refractivity contribution is 0.665. The van der Waals surface area contributed by atoms with E-state index >= 15 is 0 Å². The van der Waals surface area contributed by atoms with Crippen LogP contribution in [0.15, 0.2) is 66.7 Å². The van der Waals surface area contributed by atoms with Crippen molar-refractivity contribution in [1.82, 2.24) is 19.9 Å². The molecule has 1 aromatic carbocycles. The van der Waals surface area contributed by atoms with Crippen LogP contribution in [0.2, 0.25) is 0 Å². The van der Waals surface area contributed by atoms with Gasteiger partial charge in [-0.2, -0.15) is 0 Å². The van der Waals surface area contributed by atoms with Gasteiger partial charge in [0, 0.05) is 33.2 Å². The average Bonchev–Trinajstić information content (AvgIpc) is 3.70. The van der Waals surface area contributed by atoms with Crippen LogP contribution in [-0.4, -0.2) is 19.9 Å². The maximum Gasteiger partial charge on any atom is 0.0691 e. The highest BCUT2D eigenvalue weighted by atomic mass is 14.8. The fraction of sp³-hybridized carbons (Fsp3) is 0.188. The van der Waals surface area contributed by atoms with Crippen LogP contribution < -0.4 is 0 Å². The van der Waals surface area contributed by atoms with E-state index in [0.717, 1.165) is 68.8 Å². The SMILES string of the molecule is CCCCCCc1c2nc(cc3ccc([nH]3)c(-c3ccccc3)c3ccc(cc4nc1C=C4)[nH]3)C=C2. The van der Waals surface area contributed by atoms with Crippen molar-refractivity contribution in [2.24, 2.45) is 0 Å². The second-order valence-corrected chi connectivity index (χ2v) is 9.48. The molecule has 4 aromatic rings. The summed E-state index contributed by atoms with van der Waals surface area (Å²) in [5, 5.41) is 0. The number of aromatic nitrogens is 4. The lowest BCUT2D eigenvalue weighted by Crippen LogP contribution is -1.95. The van der Waals surface area contributed by atoms with Gasteiger partial charge in [0.25, 0.3) is 0 Å². The summed E-state index contributed by atoms with van der Waals surface area (Å²) in [7, 11) is 0. The monoisotopic (exact) mass is 470 g/mol. The summed E-state index contributed by atoms with van der Waals surface area (Å²) in [5.41, 5.74) is 11.7. The minimum atomic E-state index is 0.957. The molecule has 4 nitrogen and oxygen atoms in total. The van der Waals surface area contributed by atoms with E-state index in [-0.39, 0.29) is 0 Å². The summed E-state index contributed by atoms with van der Waals surface area (Å²) in [6, 6.07) is 23.3. The van der Waals surface area contributed by atoms with E-state index in [2.05, 4.69) is 102 Å². The molecule has 0 amide bonds. The van der Waals surface area contributed by atoms with Gasteiger partial charge in [-0.05, 0) is 79.1 Å². The third-order valence-electron chi connectivity index (χ3n) is 6.85. The molecule has 0 aliphatic carbocycles. The molecule has 36 heavy (non-hydrogen) atoms. The highest BCUT2D eigenvalue weighted by Gasteiger charge is 2.12. The second kappa shape index (κ2) is 9.82. The molecule has 4 heteroatoms. The molecule has 6 rings (SSSR count). The van der Waals surface area contributed by atoms with E-state index in [0.29, 0.717) is 0 Å². The lowest BCUT2D eigenvalue weighted by atomic mass is 10.0. The average molecular weight is 471 g/mol. The van der Waals surface area contributed by atoms with E-state index in [4.69, 9.17) is 9.97 Å². The van der Waals surface area contributed by atoms with E-state index in [1.165, 1.54) is 24.8 Å². The normalized spacial score (nSPS) is 12.4.